The zero-order valence-electron chi connectivity index (χ0n) is 16.9. The molecule has 28 heavy (non-hydrogen) atoms. The van der Waals surface area contributed by atoms with Crippen molar-refractivity contribution in [1.29, 1.82) is 0 Å². The molecule has 0 unspecified atom stereocenters. The lowest BCUT2D eigenvalue weighted by Gasteiger charge is -2.23. The fourth-order valence-electron chi connectivity index (χ4n) is 3.27. The minimum Gasteiger partial charge on any atom is -0.480 e. The average Bonchev–Trinajstić information content (AvgIpc) is 2.68. The first-order valence-electron chi connectivity index (χ1n) is 10.1. The van der Waals surface area contributed by atoms with Crippen molar-refractivity contribution < 1.29 is 14.6 Å². The third kappa shape index (κ3) is 8.73. The molecule has 0 aromatic carbocycles. The molecule has 0 radical (unpaired) electrons. The number of anilines is 1. The number of pyridine rings is 1. The molecule has 7 nitrogen and oxygen atoms in total. The van der Waals surface area contributed by atoms with Crippen LogP contribution in [0.1, 0.15) is 43.9 Å². The van der Waals surface area contributed by atoms with Crippen LogP contribution < -0.4 is 11.1 Å². The molecule has 0 spiro atoms. The number of fused-ring (bicyclic) bond motifs is 1. The van der Waals surface area contributed by atoms with Gasteiger partial charge in [0, 0.05) is 31.9 Å². The molecule has 1 aliphatic rings. The molecule has 160 valence electrons. The van der Waals surface area contributed by atoms with E-state index in [1.165, 1.54) is 12.0 Å². The van der Waals surface area contributed by atoms with E-state index in [0.717, 1.165) is 56.8 Å². The first-order valence-corrected chi connectivity index (χ1v) is 10.1. The Bertz CT molecular complexity index is 589. The number of carbonyl (C=O) groups is 1. The molecule has 0 aliphatic carbocycles. The second-order valence-corrected chi connectivity index (χ2v) is 7.07. The highest BCUT2D eigenvalue weighted by atomic mass is 35.5. The van der Waals surface area contributed by atoms with Crippen LogP contribution in [0.15, 0.2) is 12.1 Å². The molecule has 1 atom stereocenters. The van der Waals surface area contributed by atoms with Crippen LogP contribution in [-0.2, 0) is 22.4 Å². The van der Waals surface area contributed by atoms with E-state index in [1.54, 1.807) is 0 Å². The minimum absolute atomic E-state index is 0. The number of halogens is 1. The fourth-order valence-corrected chi connectivity index (χ4v) is 3.27. The predicted molar refractivity (Wildman–Crippen MR) is 114 cm³/mol. The largest absolute Gasteiger partial charge is 0.480 e. The summed E-state index contributed by atoms with van der Waals surface area (Å²) < 4.78 is 5.44. The molecule has 1 aliphatic heterocycles. The average molecular weight is 415 g/mol. The van der Waals surface area contributed by atoms with E-state index in [4.69, 9.17) is 20.6 Å². The highest BCUT2D eigenvalue weighted by molar-refractivity contribution is 5.85. The lowest BCUT2D eigenvalue weighted by Crippen LogP contribution is -2.37. The van der Waals surface area contributed by atoms with Crippen LogP contribution in [0.5, 0.6) is 0 Å². The van der Waals surface area contributed by atoms with Gasteiger partial charge in [0.2, 0.25) is 0 Å². The lowest BCUT2D eigenvalue weighted by molar-refractivity contribution is -0.138. The molecule has 8 heteroatoms. The van der Waals surface area contributed by atoms with Crippen molar-refractivity contribution in [2.45, 2.75) is 51.5 Å². The van der Waals surface area contributed by atoms with Crippen molar-refractivity contribution in [3.05, 3.63) is 23.4 Å². The normalized spacial score (nSPS) is 14.1. The Labute approximate surface area is 174 Å². The molecule has 0 saturated heterocycles. The van der Waals surface area contributed by atoms with Gasteiger partial charge in [0.1, 0.15) is 11.9 Å². The summed E-state index contributed by atoms with van der Waals surface area (Å²) in [6.07, 6.45) is 5.81. The van der Waals surface area contributed by atoms with Gasteiger partial charge in [0.25, 0.3) is 0 Å². The molecule has 1 aromatic heterocycles. The van der Waals surface area contributed by atoms with Gasteiger partial charge in [0.05, 0.1) is 6.61 Å². The topological polar surface area (TPSA) is 101 Å². The summed E-state index contributed by atoms with van der Waals surface area (Å²) >= 11 is 0. The van der Waals surface area contributed by atoms with Gasteiger partial charge in [-0.3, -0.25) is 4.79 Å². The molecule has 0 amide bonds. The Kier molecular flexibility index (Phi) is 12.1. The number of hydrogen-bond donors (Lipinski definition) is 3. The molecule has 0 saturated carbocycles. The van der Waals surface area contributed by atoms with E-state index >= 15 is 0 Å². The highest BCUT2D eigenvalue weighted by Crippen LogP contribution is 2.20. The molecule has 2 rings (SSSR count). The number of unbranched alkanes of at least 4 members (excludes halogenated alkanes) is 1. The van der Waals surface area contributed by atoms with Crippen LogP contribution in [0.4, 0.5) is 5.82 Å². The van der Waals surface area contributed by atoms with Gasteiger partial charge in [-0.25, -0.2) is 4.98 Å². The summed E-state index contributed by atoms with van der Waals surface area (Å²) in [6.45, 7) is 6.75. The fraction of sp³-hybridized carbons (Fsp3) is 0.700. The molecule has 4 N–H and O–H groups in total. The Morgan fingerprint density at radius 1 is 1.36 bits per heavy atom. The van der Waals surface area contributed by atoms with Crippen LogP contribution in [0, 0.1) is 0 Å². The number of hydrogen-bond acceptors (Lipinski definition) is 6. The number of nitrogens with two attached hydrogens (primary N) is 1. The number of aryl methyl sites for hydroxylation is 2. The zero-order valence-corrected chi connectivity index (χ0v) is 17.7. The van der Waals surface area contributed by atoms with E-state index in [-0.39, 0.29) is 12.4 Å². The summed E-state index contributed by atoms with van der Waals surface area (Å²) in [5.74, 6) is 0.117. The third-order valence-corrected chi connectivity index (χ3v) is 4.94. The third-order valence-electron chi connectivity index (χ3n) is 4.94. The standard InChI is InChI=1S/C20H34N4O3.ClH/c1-2-27-15-14-24(13-10-18(21)20(25)26)12-4-3-7-17-9-8-16-6-5-11-22-19(16)23-17;/h8-9,18H,2-7,10-15,21H2,1H3,(H,22,23)(H,25,26);1H/t18-;/m0./s1. The number of carboxylic acid groups (broad SMARTS) is 1. The maximum atomic E-state index is 10.9. The van der Waals surface area contributed by atoms with Crippen LogP contribution in [0.3, 0.4) is 0 Å². The Morgan fingerprint density at radius 3 is 2.93 bits per heavy atom. The smallest absolute Gasteiger partial charge is 0.320 e. The van der Waals surface area contributed by atoms with Crippen molar-refractivity contribution in [1.82, 2.24) is 9.88 Å². The molecular formula is C20H35ClN4O3. The maximum absolute atomic E-state index is 10.9. The van der Waals surface area contributed by atoms with E-state index in [1.807, 2.05) is 6.92 Å². The van der Waals surface area contributed by atoms with E-state index in [9.17, 15) is 4.79 Å². The number of nitrogens with zero attached hydrogens (tertiary/aromatic N) is 2. The highest BCUT2D eigenvalue weighted by Gasteiger charge is 2.14. The number of ether oxygens (including phenoxy) is 1. The lowest BCUT2D eigenvalue weighted by atomic mass is 10.1. The minimum atomic E-state index is -0.938. The second-order valence-electron chi connectivity index (χ2n) is 7.07. The van der Waals surface area contributed by atoms with Crippen molar-refractivity contribution >= 4 is 24.2 Å². The van der Waals surface area contributed by atoms with E-state index in [2.05, 4.69) is 22.3 Å². The van der Waals surface area contributed by atoms with Crippen LogP contribution in [0.25, 0.3) is 0 Å². The van der Waals surface area contributed by atoms with E-state index in [0.29, 0.717) is 26.2 Å². The Morgan fingerprint density at radius 2 is 2.18 bits per heavy atom. The Hall–Kier alpha value is -1.41. The Balaban J connectivity index is 0.00000392. The van der Waals surface area contributed by atoms with Gasteiger partial charge in [-0.1, -0.05) is 6.07 Å². The summed E-state index contributed by atoms with van der Waals surface area (Å²) in [5, 5.41) is 12.3. The zero-order chi connectivity index (χ0) is 19.5. The van der Waals surface area contributed by atoms with Gasteiger partial charge in [-0.15, -0.1) is 12.4 Å². The summed E-state index contributed by atoms with van der Waals surface area (Å²) in [7, 11) is 0. The number of aliphatic carboxylic acids is 1. The first kappa shape index (κ1) is 24.6. The maximum Gasteiger partial charge on any atom is 0.320 e. The number of rotatable bonds is 13. The van der Waals surface area contributed by atoms with Gasteiger partial charge in [-0.2, -0.15) is 0 Å². The van der Waals surface area contributed by atoms with Gasteiger partial charge >= 0.3 is 5.97 Å². The molecule has 0 bridgehead atoms. The molecule has 2 heterocycles. The number of carboxylic acids is 1. The SMILES string of the molecule is CCOCCN(CCCCc1ccc2c(n1)NCCC2)CC[C@H](N)C(=O)O.Cl. The summed E-state index contributed by atoms with van der Waals surface area (Å²) in [6, 6.07) is 3.54. The monoisotopic (exact) mass is 414 g/mol. The molecule has 1 aromatic rings. The van der Waals surface area contributed by atoms with Crippen molar-refractivity contribution in [2.24, 2.45) is 5.73 Å². The van der Waals surface area contributed by atoms with Gasteiger partial charge < -0.3 is 25.8 Å². The number of aromatic nitrogens is 1. The van der Waals surface area contributed by atoms with Crippen LogP contribution in [0.2, 0.25) is 0 Å². The summed E-state index contributed by atoms with van der Waals surface area (Å²) in [4.78, 5) is 17.9. The molecular weight excluding hydrogens is 380 g/mol. The number of nitrogens with one attached hydrogen (secondary N) is 1. The quantitative estimate of drug-likeness (QED) is 0.426. The van der Waals surface area contributed by atoms with Gasteiger partial charge in [-0.05, 0) is 63.6 Å². The van der Waals surface area contributed by atoms with Crippen molar-refractivity contribution in [3.8, 4) is 0 Å². The van der Waals surface area contributed by atoms with E-state index < -0.39 is 12.0 Å². The first-order chi connectivity index (χ1) is 13.1. The van der Waals surface area contributed by atoms with Gasteiger partial charge in [0.15, 0.2) is 0 Å². The molecule has 0 fully saturated rings. The van der Waals surface area contributed by atoms with Crippen molar-refractivity contribution in [2.75, 3.05) is 44.7 Å². The van der Waals surface area contributed by atoms with Crippen LogP contribution in [-0.4, -0.2) is 66.4 Å². The summed E-state index contributed by atoms with van der Waals surface area (Å²) in [5.41, 5.74) is 8.09. The van der Waals surface area contributed by atoms with Crippen molar-refractivity contribution in [3.63, 3.8) is 0 Å². The predicted octanol–water partition coefficient (Wildman–Crippen LogP) is 2.32. The van der Waals surface area contributed by atoms with Crippen LogP contribution >= 0.6 is 12.4 Å². The second kappa shape index (κ2) is 13.7.